The minimum Gasteiger partial charge on any atom is -0.396 e. The number of benzene rings is 1. The van der Waals surface area contributed by atoms with Crippen molar-refractivity contribution in [3.63, 3.8) is 0 Å². The lowest BCUT2D eigenvalue weighted by Crippen LogP contribution is -2.55. The number of halogens is 1. The largest absolute Gasteiger partial charge is 0.396 e. The van der Waals surface area contributed by atoms with E-state index in [0.29, 0.717) is 0 Å². The van der Waals surface area contributed by atoms with Gasteiger partial charge in [0.05, 0.1) is 15.7 Å². The number of aliphatic hydroxyl groups is 1. The Hall–Kier alpha value is -0.420. The van der Waals surface area contributed by atoms with E-state index in [-0.39, 0.29) is 28.7 Å². The van der Waals surface area contributed by atoms with Crippen molar-refractivity contribution < 1.29 is 9.32 Å². The second kappa shape index (κ2) is 7.86. The predicted octanol–water partition coefficient (Wildman–Crippen LogP) is 4.20. The molecule has 3 atom stereocenters. The smallest absolute Gasteiger partial charge is 0.0973 e. The van der Waals surface area contributed by atoms with Gasteiger partial charge in [-0.2, -0.15) is 0 Å². The molecule has 0 spiro atoms. The van der Waals surface area contributed by atoms with E-state index in [9.17, 15) is 9.32 Å². The Morgan fingerprint density at radius 2 is 1.88 bits per heavy atom. The minimum atomic E-state index is -1.14. The van der Waals surface area contributed by atoms with Gasteiger partial charge in [0.25, 0.3) is 0 Å². The van der Waals surface area contributed by atoms with Crippen molar-refractivity contribution in [2.45, 2.75) is 69.6 Å². The summed E-state index contributed by atoms with van der Waals surface area (Å²) in [7, 11) is -1.14. The van der Waals surface area contributed by atoms with Gasteiger partial charge in [-0.05, 0) is 63.6 Å². The summed E-state index contributed by atoms with van der Waals surface area (Å²) < 4.78 is 15.8. The molecule has 0 radical (unpaired) electrons. The average molecular weight is 372 g/mol. The van der Waals surface area contributed by atoms with Gasteiger partial charge in [-0.3, -0.25) is 0 Å². The molecule has 5 heteroatoms. The highest BCUT2D eigenvalue weighted by molar-refractivity contribution is 7.84. The molecule has 1 aliphatic rings. The summed E-state index contributed by atoms with van der Waals surface area (Å²) in [6, 6.07) is 8.14. The summed E-state index contributed by atoms with van der Waals surface area (Å²) in [4.78, 5) is 0. The van der Waals surface area contributed by atoms with Gasteiger partial charge in [0.1, 0.15) is 0 Å². The Kier molecular flexibility index (Phi) is 6.52. The van der Waals surface area contributed by atoms with Gasteiger partial charge in [0.2, 0.25) is 0 Å². The van der Waals surface area contributed by atoms with E-state index < -0.39 is 11.0 Å². The van der Waals surface area contributed by atoms with Crippen LogP contribution >= 0.6 is 11.6 Å². The molecule has 3 nitrogen and oxygen atoms in total. The van der Waals surface area contributed by atoms with E-state index in [2.05, 4.69) is 16.9 Å². The van der Waals surface area contributed by atoms with Gasteiger partial charge in [-0.15, -0.1) is 0 Å². The number of nitrogens with one attached hydrogen (secondary N) is 1. The third-order valence-corrected chi connectivity index (χ3v) is 6.95. The van der Waals surface area contributed by atoms with Crippen LogP contribution in [0.4, 0.5) is 0 Å². The SMILES string of the molecule is C[C@H](CO)C[C@H](N[S@](=O)C(C)(C)C)C1(c2ccc(Cl)cc2)CCC1. The molecule has 1 fully saturated rings. The van der Waals surface area contributed by atoms with Gasteiger partial charge in [-0.25, -0.2) is 8.93 Å². The maximum absolute atomic E-state index is 12.7. The molecule has 24 heavy (non-hydrogen) atoms. The molecule has 0 amide bonds. The summed E-state index contributed by atoms with van der Waals surface area (Å²) in [5, 5.41) is 10.3. The van der Waals surface area contributed by atoms with E-state index >= 15 is 0 Å². The fraction of sp³-hybridized carbons (Fsp3) is 0.684. The van der Waals surface area contributed by atoms with E-state index in [1.165, 1.54) is 12.0 Å². The molecule has 136 valence electrons. The van der Waals surface area contributed by atoms with Crippen LogP contribution in [0.2, 0.25) is 5.02 Å². The van der Waals surface area contributed by atoms with Crippen molar-refractivity contribution in [3.05, 3.63) is 34.9 Å². The topological polar surface area (TPSA) is 49.3 Å². The third-order valence-electron chi connectivity index (χ3n) is 5.09. The summed E-state index contributed by atoms with van der Waals surface area (Å²) in [5.41, 5.74) is 1.24. The first-order valence-corrected chi connectivity index (χ1v) is 10.3. The molecular formula is C19H30ClNO2S. The molecule has 1 aliphatic carbocycles. The Morgan fingerprint density at radius 1 is 1.29 bits per heavy atom. The molecule has 1 saturated carbocycles. The van der Waals surface area contributed by atoms with Crippen molar-refractivity contribution in [2.75, 3.05) is 6.61 Å². The van der Waals surface area contributed by atoms with Crippen LogP contribution in [0.3, 0.4) is 0 Å². The molecule has 0 bridgehead atoms. The molecule has 1 aromatic rings. The van der Waals surface area contributed by atoms with Crippen LogP contribution in [-0.4, -0.2) is 26.7 Å². The fourth-order valence-corrected chi connectivity index (χ4v) is 4.41. The van der Waals surface area contributed by atoms with Gasteiger partial charge in [-0.1, -0.05) is 37.1 Å². The lowest BCUT2D eigenvalue weighted by molar-refractivity contribution is 0.145. The quantitative estimate of drug-likeness (QED) is 0.754. The van der Waals surface area contributed by atoms with Crippen LogP contribution in [-0.2, 0) is 16.4 Å². The van der Waals surface area contributed by atoms with E-state index in [1.807, 2.05) is 39.8 Å². The van der Waals surface area contributed by atoms with Gasteiger partial charge < -0.3 is 5.11 Å². The lowest BCUT2D eigenvalue weighted by atomic mass is 9.59. The maximum atomic E-state index is 12.7. The Bertz CT molecular complexity index is 564. The maximum Gasteiger partial charge on any atom is 0.0973 e. The molecule has 0 heterocycles. The van der Waals surface area contributed by atoms with Crippen molar-refractivity contribution >= 4 is 22.6 Å². The van der Waals surface area contributed by atoms with Gasteiger partial charge >= 0.3 is 0 Å². The zero-order chi connectivity index (χ0) is 18.0. The zero-order valence-electron chi connectivity index (χ0n) is 15.1. The molecule has 0 saturated heterocycles. The molecule has 0 aliphatic heterocycles. The average Bonchev–Trinajstić information content (AvgIpc) is 2.46. The Morgan fingerprint density at radius 3 is 2.29 bits per heavy atom. The van der Waals surface area contributed by atoms with E-state index in [1.54, 1.807) is 0 Å². The van der Waals surface area contributed by atoms with Crippen LogP contribution in [0.5, 0.6) is 0 Å². The number of hydrogen-bond donors (Lipinski definition) is 2. The second-order valence-corrected chi connectivity index (χ2v) is 10.5. The van der Waals surface area contributed by atoms with Gasteiger partial charge in [0.15, 0.2) is 0 Å². The highest BCUT2D eigenvalue weighted by atomic mass is 35.5. The van der Waals surface area contributed by atoms with E-state index in [0.717, 1.165) is 24.3 Å². The first kappa shape index (κ1) is 19.9. The molecule has 0 aromatic heterocycles. The molecular weight excluding hydrogens is 342 g/mol. The van der Waals surface area contributed by atoms with Crippen molar-refractivity contribution in [3.8, 4) is 0 Å². The first-order valence-electron chi connectivity index (χ1n) is 8.74. The summed E-state index contributed by atoms with van der Waals surface area (Å²) in [5.74, 6) is 0.171. The number of rotatable bonds is 7. The molecule has 0 unspecified atom stereocenters. The molecule has 2 N–H and O–H groups in total. The van der Waals surface area contributed by atoms with Crippen LogP contribution in [0, 0.1) is 5.92 Å². The Balaban J connectivity index is 2.32. The highest BCUT2D eigenvalue weighted by Crippen LogP contribution is 2.48. The van der Waals surface area contributed by atoms with Crippen molar-refractivity contribution in [1.82, 2.24) is 4.72 Å². The van der Waals surface area contributed by atoms with Crippen LogP contribution in [0.15, 0.2) is 24.3 Å². The normalized spacial score (nSPS) is 20.9. The number of hydrogen-bond acceptors (Lipinski definition) is 2. The summed E-state index contributed by atoms with van der Waals surface area (Å²) >= 11 is 6.06. The van der Waals surface area contributed by atoms with Crippen molar-refractivity contribution in [1.29, 1.82) is 0 Å². The highest BCUT2D eigenvalue weighted by Gasteiger charge is 2.46. The summed E-state index contributed by atoms with van der Waals surface area (Å²) in [6.45, 7) is 8.15. The first-order chi connectivity index (χ1) is 11.2. The van der Waals surface area contributed by atoms with Crippen LogP contribution in [0.25, 0.3) is 0 Å². The van der Waals surface area contributed by atoms with E-state index in [4.69, 9.17) is 11.6 Å². The fourth-order valence-electron chi connectivity index (χ4n) is 3.35. The van der Waals surface area contributed by atoms with Crippen LogP contribution in [0.1, 0.15) is 58.9 Å². The monoisotopic (exact) mass is 371 g/mol. The van der Waals surface area contributed by atoms with Crippen LogP contribution < -0.4 is 4.72 Å². The number of aliphatic hydroxyl groups excluding tert-OH is 1. The molecule has 2 rings (SSSR count). The lowest BCUT2D eigenvalue weighted by Gasteiger charge is -2.49. The minimum absolute atomic E-state index is 0.0189. The van der Waals surface area contributed by atoms with Crippen molar-refractivity contribution in [2.24, 2.45) is 5.92 Å². The second-order valence-electron chi connectivity index (χ2n) is 8.09. The standard InChI is InChI=1S/C19H30ClNO2S/c1-14(13-22)12-17(21-24(23)18(2,3)4)19(10-5-11-19)15-6-8-16(20)9-7-15/h6-9,14,17,21-22H,5,10-13H2,1-4H3/t14-,17-,24+/m0/s1. The third kappa shape index (κ3) is 4.40. The zero-order valence-corrected chi connectivity index (χ0v) is 16.7. The van der Waals surface area contributed by atoms with Gasteiger partial charge in [0, 0.05) is 23.1 Å². The molecule has 1 aromatic carbocycles. The summed E-state index contributed by atoms with van der Waals surface area (Å²) in [6.07, 6.45) is 4.13. The Labute approximate surface area is 153 Å². The predicted molar refractivity (Wildman–Crippen MR) is 103 cm³/mol.